The molecule has 0 spiro atoms. The Morgan fingerprint density at radius 2 is 1.86 bits per heavy atom. The molecule has 1 aromatic carbocycles. The van der Waals surface area contributed by atoms with Crippen LogP contribution in [0.15, 0.2) is 42.7 Å². The van der Waals surface area contributed by atoms with Crippen LogP contribution in [0.25, 0.3) is 33.5 Å². The van der Waals surface area contributed by atoms with Crippen LogP contribution in [0.4, 0.5) is 14.5 Å². The fourth-order valence-corrected chi connectivity index (χ4v) is 3.61. The quantitative estimate of drug-likeness (QED) is 0.500. The molecule has 4 heterocycles. The topological polar surface area (TPSA) is 83.7 Å². The summed E-state index contributed by atoms with van der Waals surface area (Å²) < 4.78 is 27.9. The molecule has 0 unspecified atom stereocenters. The van der Waals surface area contributed by atoms with E-state index < -0.39 is 11.6 Å². The molecule has 0 atom stereocenters. The van der Waals surface area contributed by atoms with Gasteiger partial charge in [-0.25, -0.2) is 13.8 Å². The van der Waals surface area contributed by atoms with Gasteiger partial charge in [0.2, 0.25) is 0 Å². The van der Waals surface area contributed by atoms with Crippen molar-refractivity contribution in [3.63, 3.8) is 0 Å². The Labute approximate surface area is 169 Å². The first-order valence-electron chi connectivity index (χ1n) is 8.95. The smallest absolute Gasteiger partial charge is 0.144 e. The Kier molecular flexibility index (Phi) is 4.18. The molecule has 0 saturated carbocycles. The maximum absolute atomic E-state index is 14.4. The normalized spacial score (nSPS) is 14.4. The maximum atomic E-state index is 14.4. The summed E-state index contributed by atoms with van der Waals surface area (Å²) in [5.41, 5.74) is 9.89. The molecule has 6 nitrogen and oxygen atoms in total. The zero-order valence-electron chi connectivity index (χ0n) is 15.0. The molecule has 0 radical (unpaired) electrons. The second kappa shape index (κ2) is 6.75. The molecule has 146 valence electrons. The highest BCUT2D eigenvalue weighted by Crippen LogP contribution is 2.34. The Morgan fingerprint density at radius 3 is 2.66 bits per heavy atom. The monoisotopic (exact) mass is 412 g/mol. The number of nitrogens with one attached hydrogen (secondary N) is 1. The van der Waals surface area contributed by atoms with Gasteiger partial charge in [-0.3, -0.25) is 10.1 Å². The second-order valence-corrected chi connectivity index (χ2v) is 7.41. The van der Waals surface area contributed by atoms with E-state index in [9.17, 15) is 8.78 Å². The van der Waals surface area contributed by atoms with Gasteiger partial charge in [0.1, 0.15) is 11.6 Å². The summed E-state index contributed by atoms with van der Waals surface area (Å²) in [6.45, 7) is 1.56. The highest BCUT2D eigenvalue weighted by atomic mass is 35.5. The van der Waals surface area contributed by atoms with Crippen LogP contribution in [0.5, 0.6) is 0 Å². The second-order valence-electron chi connectivity index (χ2n) is 7.00. The Morgan fingerprint density at radius 1 is 1.03 bits per heavy atom. The predicted octanol–water partition coefficient (Wildman–Crippen LogP) is 3.77. The lowest BCUT2D eigenvalue weighted by Gasteiger charge is -2.38. The van der Waals surface area contributed by atoms with Crippen LogP contribution in [0.3, 0.4) is 0 Å². The van der Waals surface area contributed by atoms with Gasteiger partial charge in [-0.15, -0.1) is 0 Å². The highest BCUT2D eigenvalue weighted by Gasteiger charge is 2.24. The van der Waals surface area contributed by atoms with Gasteiger partial charge in [0.05, 0.1) is 45.5 Å². The zero-order chi connectivity index (χ0) is 20.1. The van der Waals surface area contributed by atoms with Crippen molar-refractivity contribution in [2.24, 2.45) is 5.73 Å². The Bertz CT molecular complexity index is 1240. The van der Waals surface area contributed by atoms with E-state index >= 15 is 0 Å². The molecule has 3 N–H and O–H groups in total. The number of pyridine rings is 2. The molecule has 0 aliphatic carbocycles. The number of aromatic nitrogens is 4. The van der Waals surface area contributed by atoms with Crippen LogP contribution in [0.1, 0.15) is 0 Å². The third-order valence-electron chi connectivity index (χ3n) is 4.99. The van der Waals surface area contributed by atoms with E-state index in [4.69, 9.17) is 17.3 Å². The van der Waals surface area contributed by atoms with E-state index in [0.717, 1.165) is 30.4 Å². The van der Waals surface area contributed by atoms with Crippen LogP contribution in [0.2, 0.25) is 5.02 Å². The molecule has 5 rings (SSSR count). The number of anilines is 1. The highest BCUT2D eigenvalue weighted by molar-refractivity contribution is 6.31. The van der Waals surface area contributed by atoms with Crippen molar-refractivity contribution in [1.29, 1.82) is 0 Å². The van der Waals surface area contributed by atoms with Crippen LogP contribution >= 0.6 is 11.6 Å². The number of halogens is 3. The minimum atomic E-state index is -0.817. The molecule has 9 heteroatoms. The summed E-state index contributed by atoms with van der Waals surface area (Å²) >= 11 is 5.84. The van der Waals surface area contributed by atoms with Gasteiger partial charge in [0, 0.05) is 36.3 Å². The number of benzene rings is 1. The number of fused-ring (bicyclic) bond motifs is 1. The Hall–Kier alpha value is -3.10. The minimum Gasteiger partial charge on any atom is -0.367 e. The molecule has 1 aliphatic rings. The van der Waals surface area contributed by atoms with Crippen molar-refractivity contribution >= 4 is 28.3 Å². The van der Waals surface area contributed by atoms with Crippen molar-refractivity contribution < 1.29 is 8.78 Å². The molecule has 0 bridgehead atoms. The third-order valence-corrected chi connectivity index (χ3v) is 5.28. The summed E-state index contributed by atoms with van der Waals surface area (Å²) in [7, 11) is 0. The van der Waals surface area contributed by atoms with Gasteiger partial charge in [-0.1, -0.05) is 11.6 Å². The molecule has 1 saturated heterocycles. The van der Waals surface area contributed by atoms with E-state index in [0.29, 0.717) is 22.5 Å². The Balaban J connectivity index is 1.58. The van der Waals surface area contributed by atoms with Crippen molar-refractivity contribution in [3.05, 3.63) is 59.4 Å². The first-order chi connectivity index (χ1) is 14.0. The SMILES string of the molecule is NC1CN(c2cnc3ccc(-c4cn[nH]c4-c4cc(Cl)c(F)cc4F)nc3c2)C1. The van der Waals surface area contributed by atoms with Gasteiger partial charge in [0.15, 0.2) is 0 Å². The lowest BCUT2D eigenvalue weighted by Crippen LogP contribution is -2.55. The molecular weight excluding hydrogens is 398 g/mol. The molecule has 3 aromatic heterocycles. The number of aromatic amines is 1. The average Bonchev–Trinajstić information content (AvgIpc) is 3.17. The largest absolute Gasteiger partial charge is 0.367 e. The lowest BCUT2D eigenvalue weighted by molar-refractivity contribution is 0.519. The number of nitrogens with zero attached hydrogens (tertiary/aromatic N) is 4. The number of hydrogen-bond donors (Lipinski definition) is 2. The standard InChI is InChI=1S/C20H15ClF2N6/c21-14-4-12(15(22)5-16(14)23)20-13(7-26-28-20)17-1-2-18-19(27-17)3-11(6-25-18)29-8-10(24)9-29/h1-7,10H,8-9,24H2,(H,26,28). The van der Waals surface area contributed by atoms with E-state index in [1.807, 2.05) is 12.1 Å². The van der Waals surface area contributed by atoms with Crippen LogP contribution in [0, 0.1) is 11.6 Å². The fourth-order valence-electron chi connectivity index (χ4n) is 3.44. The van der Waals surface area contributed by atoms with Crippen molar-refractivity contribution in [2.75, 3.05) is 18.0 Å². The van der Waals surface area contributed by atoms with Gasteiger partial charge in [-0.05, 0) is 24.3 Å². The van der Waals surface area contributed by atoms with E-state index in [-0.39, 0.29) is 16.6 Å². The predicted molar refractivity (Wildman–Crippen MR) is 108 cm³/mol. The maximum Gasteiger partial charge on any atom is 0.144 e. The zero-order valence-corrected chi connectivity index (χ0v) is 15.8. The van der Waals surface area contributed by atoms with E-state index in [2.05, 4.69) is 25.1 Å². The number of rotatable bonds is 3. The minimum absolute atomic E-state index is 0.118. The van der Waals surface area contributed by atoms with Crippen molar-refractivity contribution in [2.45, 2.75) is 6.04 Å². The van der Waals surface area contributed by atoms with Crippen LogP contribution in [-0.2, 0) is 0 Å². The molecule has 1 aliphatic heterocycles. The summed E-state index contributed by atoms with van der Waals surface area (Å²) in [4.78, 5) is 11.3. The number of hydrogen-bond acceptors (Lipinski definition) is 5. The lowest BCUT2D eigenvalue weighted by atomic mass is 10.0. The van der Waals surface area contributed by atoms with E-state index in [1.165, 1.54) is 6.07 Å². The molecular formula is C20H15ClF2N6. The van der Waals surface area contributed by atoms with Gasteiger partial charge < -0.3 is 10.6 Å². The average molecular weight is 413 g/mol. The number of nitrogens with two attached hydrogens (primary N) is 1. The van der Waals surface area contributed by atoms with Crippen molar-refractivity contribution in [3.8, 4) is 22.5 Å². The van der Waals surface area contributed by atoms with Gasteiger partial charge in [0.25, 0.3) is 0 Å². The summed E-state index contributed by atoms with van der Waals surface area (Å²) in [5, 5.41) is 6.61. The first-order valence-corrected chi connectivity index (χ1v) is 9.33. The van der Waals surface area contributed by atoms with Crippen molar-refractivity contribution in [1.82, 2.24) is 20.2 Å². The van der Waals surface area contributed by atoms with Gasteiger partial charge in [-0.2, -0.15) is 5.10 Å². The molecule has 1 fully saturated rings. The van der Waals surface area contributed by atoms with Crippen LogP contribution < -0.4 is 10.6 Å². The molecule has 29 heavy (non-hydrogen) atoms. The number of H-pyrrole nitrogens is 1. The van der Waals surface area contributed by atoms with Crippen LogP contribution in [-0.4, -0.2) is 39.3 Å². The molecule has 0 amide bonds. The first kappa shape index (κ1) is 18.0. The summed E-state index contributed by atoms with van der Waals surface area (Å²) in [6.07, 6.45) is 3.35. The summed E-state index contributed by atoms with van der Waals surface area (Å²) in [6, 6.07) is 7.74. The third kappa shape index (κ3) is 3.10. The van der Waals surface area contributed by atoms with Gasteiger partial charge >= 0.3 is 0 Å². The fraction of sp³-hybridized carbons (Fsp3) is 0.150. The summed E-state index contributed by atoms with van der Waals surface area (Å²) in [5.74, 6) is -1.56. The van der Waals surface area contributed by atoms with E-state index in [1.54, 1.807) is 18.5 Å². The molecule has 4 aromatic rings.